The maximum absolute atomic E-state index is 12.9. The van der Waals surface area contributed by atoms with Gasteiger partial charge in [-0.05, 0) is 37.0 Å². The maximum atomic E-state index is 12.9. The Labute approximate surface area is 147 Å². The van der Waals surface area contributed by atoms with Gasteiger partial charge in [0.2, 0.25) is 5.91 Å². The van der Waals surface area contributed by atoms with Gasteiger partial charge in [0.15, 0.2) is 5.78 Å². The topological polar surface area (TPSA) is 37.4 Å². The summed E-state index contributed by atoms with van der Waals surface area (Å²) in [4.78, 5) is 27.0. The molecule has 0 saturated carbocycles. The molecule has 0 spiro atoms. The van der Waals surface area contributed by atoms with Crippen molar-refractivity contribution in [3.63, 3.8) is 0 Å². The predicted octanol–water partition coefficient (Wildman–Crippen LogP) is 5.02. The summed E-state index contributed by atoms with van der Waals surface area (Å²) in [6.45, 7) is 7.19. The van der Waals surface area contributed by atoms with Crippen LogP contribution in [0.3, 0.4) is 0 Å². The summed E-state index contributed by atoms with van der Waals surface area (Å²) >= 11 is 0. The molecule has 134 valence electrons. The van der Waals surface area contributed by atoms with E-state index in [0.29, 0.717) is 18.8 Å². The molecular weight excluding hydrogens is 298 g/mol. The van der Waals surface area contributed by atoms with Gasteiger partial charge in [0, 0.05) is 31.2 Å². The van der Waals surface area contributed by atoms with Crippen molar-refractivity contribution in [1.29, 1.82) is 0 Å². The first-order chi connectivity index (χ1) is 11.4. The number of ketones is 1. The van der Waals surface area contributed by atoms with Crippen LogP contribution in [0.4, 0.5) is 0 Å². The molecule has 1 atom stereocenters. The van der Waals surface area contributed by atoms with E-state index in [1.54, 1.807) is 6.08 Å². The fourth-order valence-electron chi connectivity index (χ4n) is 3.81. The number of allylic oxidation sites excluding steroid dienone is 4. The molecule has 0 radical (unpaired) electrons. The third-order valence-corrected chi connectivity index (χ3v) is 5.07. The lowest BCUT2D eigenvalue weighted by molar-refractivity contribution is -0.130. The van der Waals surface area contributed by atoms with Gasteiger partial charge in [-0.2, -0.15) is 0 Å². The van der Waals surface area contributed by atoms with Crippen LogP contribution in [0.15, 0.2) is 23.9 Å². The number of amides is 1. The first-order valence-corrected chi connectivity index (χ1v) is 9.62. The molecule has 3 nitrogen and oxygen atoms in total. The van der Waals surface area contributed by atoms with E-state index in [1.165, 1.54) is 12.8 Å². The van der Waals surface area contributed by atoms with E-state index >= 15 is 0 Å². The zero-order valence-electron chi connectivity index (χ0n) is 15.6. The van der Waals surface area contributed by atoms with Crippen molar-refractivity contribution < 1.29 is 9.59 Å². The molecule has 0 bridgehead atoms. The van der Waals surface area contributed by atoms with E-state index in [4.69, 9.17) is 0 Å². The minimum atomic E-state index is -0.0453. The van der Waals surface area contributed by atoms with Crippen molar-refractivity contribution >= 4 is 11.7 Å². The Morgan fingerprint density at radius 1 is 1.25 bits per heavy atom. The van der Waals surface area contributed by atoms with Crippen LogP contribution in [-0.4, -0.2) is 23.1 Å². The molecule has 0 saturated heterocycles. The zero-order chi connectivity index (χ0) is 17.6. The minimum absolute atomic E-state index is 0.0453. The van der Waals surface area contributed by atoms with Crippen LogP contribution in [0.1, 0.15) is 78.6 Å². The molecule has 3 heteroatoms. The summed E-state index contributed by atoms with van der Waals surface area (Å²) < 4.78 is 0. The Bertz CT molecular complexity index is 516. The molecule has 0 aromatic carbocycles. The van der Waals surface area contributed by atoms with Crippen LogP contribution < -0.4 is 0 Å². The highest BCUT2D eigenvalue weighted by molar-refractivity contribution is 5.93. The average Bonchev–Trinajstić information content (AvgIpc) is 2.97. The van der Waals surface area contributed by atoms with Crippen molar-refractivity contribution in [2.45, 2.75) is 78.6 Å². The summed E-state index contributed by atoms with van der Waals surface area (Å²) in [6, 6.07) is 0. The number of nitrogens with zero attached hydrogens (tertiary/aromatic N) is 1. The Hall–Kier alpha value is -1.38. The Balaban J connectivity index is 2.07. The van der Waals surface area contributed by atoms with Gasteiger partial charge < -0.3 is 4.90 Å². The van der Waals surface area contributed by atoms with Crippen molar-refractivity contribution in [1.82, 2.24) is 4.90 Å². The lowest BCUT2D eigenvalue weighted by Gasteiger charge is -2.35. The monoisotopic (exact) mass is 331 g/mol. The van der Waals surface area contributed by atoms with Gasteiger partial charge in [0.1, 0.15) is 0 Å². The molecule has 0 N–H and O–H groups in total. The van der Waals surface area contributed by atoms with Crippen LogP contribution in [0.2, 0.25) is 0 Å². The molecule has 0 heterocycles. The van der Waals surface area contributed by atoms with Gasteiger partial charge in [-0.15, -0.1) is 0 Å². The molecule has 0 aromatic heterocycles. The molecule has 24 heavy (non-hydrogen) atoms. The molecular formula is C21H33NO2. The standard InChI is InChI=1S/C21H33NO2/c1-4-5-6-9-12-22(20(24)13-17-10-7-8-11-17)18-14-19(23)16-21(2,3)15-18/h7,10,14,17H,4-6,8-9,11-13,15-16H2,1-3H3. The van der Waals surface area contributed by atoms with E-state index in [0.717, 1.165) is 44.3 Å². The van der Waals surface area contributed by atoms with Gasteiger partial charge in [-0.25, -0.2) is 0 Å². The van der Waals surface area contributed by atoms with Crippen molar-refractivity contribution in [3.8, 4) is 0 Å². The second-order valence-corrected chi connectivity index (χ2v) is 8.20. The maximum Gasteiger partial charge on any atom is 0.227 e. The highest BCUT2D eigenvalue weighted by Gasteiger charge is 2.32. The SMILES string of the molecule is CCCCCCN(C(=O)CC1C=CCC1)C1=CC(=O)CC(C)(C)C1. The predicted molar refractivity (Wildman–Crippen MR) is 98.4 cm³/mol. The normalized spacial score (nSPS) is 22.5. The summed E-state index contributed by atoms with van der Waals surface area (Å²) in [5, 5.41) is 0. The first-order valence-electron chi connectivity index (χ1n) is 9.62. The van der Waals surface area contributed by atoms with Crippen molar-refractivity contribution in [2.75, 3.05) is 6.54 Å². The van der Waals surface area contributed by atoms with Gasteiger partial charge in [0.05, 0.1) is 0 Å². The van der Waals surface area contributed by atoms with Gasteiger partial charge in [-0.3, -0.25) is 9.59 Å². The molecule has 2 rings (SSSR count). The van der Waals surface area contributed by atoms with E-state index in [9.17, 15) is 9.59 Å². The summed E-state index contributed by atoms with van der Waals surface area (Å²) in [5.41, 5.74) is 0.899. The largest absolute Gasteiger partial charge is 0.316 e. The molecule has 1 amide bonds. The quantitative estimate of drug-likeness (QED) is 0.462. The number of hydrogen-bond acceptors (Lipinski definition) is 2. The second kappa shape index (κ2) is 8.64. The van der Waals surface area contributed by atoms with E-state index < -0.39 is 0 Å². The van der Waals surface area contributed by atoms with E-state index in [2.05, 4.69) is 32.9 Å². The van der Waals surface area contributed by atoms with Crippen LogP contribution in [-0.2, 0) is 9.59 Å². The number of carbonyl (C=O) groups is 2. The number of carbonyl (C=O) groups excluding carboxylic acids is 2. The van der Waals surface area contributed by atoms with Crippen molar-refractivity contribution in [3.05, 3.63) is 23.9 Å². The first kappa shape index (κ1) is 19.0. The number of rotatable bonds is 8. The van der Waals surface area contributed by atoms with Crippen LogP contribution >= 0.6 is 0 Å². The Morgan fingerprint density at radius 2 is 2.04 bits per heavy atom. The van der Waals surface area contributed by atoms with Crippen molar-refractivity contribution in [2.24, 2.45) is 11.3 Å². The van der Waals surface area contributed by atoms with Crippen LogP contribution in [0.5, 0.6) is 0 Å². The zero-order valence-corrected chi connectivity index (χ0v) is 15.6. The smallest absolute Gasteiger partial charge is 0.227 e. The number of hydrogen-bond donors (Lipinski definition) is 0. The van der Waals surface area contributed by atoms with Crippen LogP contribution in [0.25, 0.3) is 0 Å². The van der Waals surface area contributed by atoms with Gasteiger partial charge >= 0.3 is 0 Å². The molecule has 1 unspecified atom stereocenters. The molecule has 0 fully saturated rings. The highest BCUT2D eigenvalue weighted by atomic mass is 16.2. The average molecular weight is 332 g/mol. The Kier molecular flexibility index (Phi) is 6.82. The minimum Gasteiger partial charge on any atom is -0.316 e. The fourth-order valence-corrected chi connectivity index (χ4v) is 3.81. The van der Waals surface area contributed by atoms with E-state index in [-0.39, 0.29) is 17.1 Å². The second-order valence-electron chi connectivity index (χ2n) is 8.20. The fraction of sp³-hybridized carbons (Fsp3) is 0.714. The lowest BCUT2D eigenvalue weighted by Crippen LogP contribution is -2.37. The Morgan fingerprint density at radius 3 is 2.67 bits per heavy atom. The molecule has 2 aliphatic carbocycles. The summed E-state index contributed by atoms with van der Waals surface area (Å²) in [6.07, 6.45) is 14.8. The third kappa shape index (κ3) is 5.61. The van der Waals surface area contributed by atoms with E-state index in [1.807, 2.05) is 4.90 Å². The summed E-state index contributed by atoms with van der Waals surface area (Å²) in [7, 11) is 0. The summed E-state index contributed by atoms with van der Waals surface area (Å²) in [5.74, 6) is 0.733. The molecule has 0 aromatic rings. The molecule has 0 aliphatic heterocycles. The van der Waals surface area contributed by atoms with Gasteiger partial charge in [-0.1, -0.05) is 52.2 Å². The highest BCUT2D eigenvalue weighted by Crippen LogP contribution is 2.36. The third-order valence-electron chi connectivity index (χ3n) is 5.07. The van der Waals surface area contributed by atoms with Crippen LogP contribution in [0, 0.1) is 11.3 Å². The van der Waals surface area contributed by atoms with Gasteiger partial charge in [0.25, 0.3) is 0 Å². The lowest BCUT2D eigenvalue weighted by atomic mass is 9.78. The number of unbranched alkanes of at least 4 members (excludes halogenated alkanes) is 3. The molecule has 2 aliphatic rings.